The molecule has 2 aromatic rings. The molecule has 24 heavy (non-hydrogen) atoms. The number of likely N-dealkylation sites (N-methyl/N-ethyl adjacent to an activating group) is 1. The van der Waals surface area contributed by atoms with E-state index in [4.69, 9.17) is 11.6 Å². The van der Waals surface area contributed by atoms with Gasteiger partial charge in [-0.2, -0.15) is 0 Å². The van der Waals surface area contributed by atoms with Crippen LogP contribution in [0.4, 0.5) is 4.79 Å². The first-order valence-corrected chi connectivity index (χ1v) is 8.65. The summed E-state index contributed by atoms with van der Waals surface area (Å²) in [6, 6.07) is 11.7. The van der Waals surface area contributed by atoms with Crippen molar-refractivity contribution in [2.24, 2.45) is 0 Å². The Morgan fingerprint density at radius 2 is 1.96 bits per heavy atom. The third kappa shape index (κ3) is 5.53. The van der Waals surface area contributed by atoms with E-state index in [1.165, 1.54) is 5.56 Å². The number of rotatable bonds is 7. The lowest BCUT2D eigenvalue weighted by molar-refractivity contribution is 0.197. The van der Waals surface area contributed by atoms with E-state index in [0.717, 1.165) is 17.0 Å². The molecule has 1 heterocycles. The molecule has 0 bridgehead atoms. The minimum atomic E-state index is -0.0360. The number of halogens is 1. The second-order valence-electron chi connectivity index (χ2n) is 5.83. The van der Waals surface area contributed by atoms with Gasteiger partial charge in [0.1, 0.15) is 0 Å². The van der Waals surface area contributed by atoms with Crippen LogP contribution in [-0.4, -0.2) is 35.0 Å². The summed E-state index contributed by atoms with van der Waals surface area (Å²) in [7, 11) is 0. The Hall–Kier alpha value is -2.07. The number of carbonyl (C=O) groups is 1. The molecule has 128 valence electrons. The lowest BCUT2D eigenvalue weighted by Crippen LogP contribution is -2.45. The molecular weight excluding hydrogens is 322 g/mol. The second-order valence-corrected chi connectivity index (χ2v) is 6.24. The van der Waals surface area contributed by atoms with Gasteiger partial charge in [0.05, 0.1) is 0 Å². The van der Waals surface area contributed by atoms with Crippen molar-refractivity contribution in [2.75, 3.05) is 13.1 Å². The number of carbonyl (C=O) groups excluding carboxylic acids is 1. The molecule has 1 unspecified atom stereocenters. The summed E-state index contributed by atoms with van der Waals surface area (Å²) in [5, 5.41) is 3.80. The summed E-state index contributed by atoms with van der Waals surface area (Å²) >= 11 is 6.18. The number of nitrogens with one attached hydrogen (secondary N) is 1. The smallest absolute Gasteiger partial charge is 0.317 e. The summed E-state index contributed by atoms with van der Waals surface area (Å²) in [5.41, 5.74) is 2.23. The maximum absolute atomic E-state index is 12.5. The van der Waals surface area contributed by atoms with Crippen LogP contribution in [-0.2, 0) is 12.8 Å². The molecule has 0 aliphatic heterocycles. The van der Waals surface area contributed by atoms with E-state index >= 15 is 0 Å². The Morgan fingerprint density at radius 3 is 2.62 bits per heavy atom. The number of hydrogen-bond acceptors (Lipinski definition) is 2. The van der Waals surface area contributed by atoms with Crippen LogP contribution in [0.3, 0.4) is 0 Å². The van der Waals surface area contributed by atoms with Crippen LogP contribution in [0.2, 0.25) is 5.02 Å². The molecule has 2 amide bonds. The normalized spacial score (nSPS) is 11.8. The average Bonchev–Trinajstić information content (AvgIpc) is 2.58. The first-order valence-electron chi connectivity index (χ1n) is 8.28. The summed E-state index contributed by atoms with van der Waals surface area (Å²) < 4.78 is 0. The first-order chi connectivity index (χ1) is 11.6. The fourth-order valence-electron chi connectivity index (χ4n) is 2.56. The van der Waals surface area contributed by atoms with E-state index in [1.54, 1.807) is 12.4 Å². The van der Waals surface area contributed by atoms with Crippen LogP contribution < -0.4 is 5.32 Å². The fourth-order valence-corrected chi connectivity index (χ4v) is 2.78. The van der Waals surface area contributed by atoms with Crippen molar-refractivity contribution < 1.29 is 4.79 Å². The molecule has 0 saturated carbocycles. The van der Waals surface area contributed by atoms with Crippen LogP contribution in [0.25, 0.3) is 0 Å². The van der Waals surface area contributed by atoms with Crippen molar-refractivity contribution >= 4 is 17.6 Å². The molecule has 0 saturated heterocycles. The molecule has 0 radical (unpaired) electrons. The minimum absolute atomic E-state index is 0.0207. The van der Waals surface area contributed by atoms with Crippen molar-refractivity contribution in [3.05, 3.63) is 64.9 Å². The number of benzene rings is 1. The molecule has 1 aromatic heterocycles. The SMILES string of the molecule is CCN(CCc1ccncc1)C(=O)NC(C)Cc1ccccc1Cl. The Kier molecular flexibility index (Phi) is 7.07. The van der Waals surface area contributed by atoms with Crippen LogP contribution in [0.5, 0.6) is 0 Å². The molecule has 1 N–H and O–H groups in total. The van der Waals surface area contributed by atoms with Gasteiger partial charge in [-0.1, -0.05) is 29.8 Å². The Morgan fingerprint density at radius 1 is 1.25 bits per heavy atom. The average molecular weight is 346 g/mol. The summed E-state index contributed by atoms with van der Waals surface area (Å²) in [6.45, 7) is 5.35. The third-order valence-electron chi connectivity index (χ3n) is 3.94. The van der Waals surface area contributed by atoms with Gasteiger partial charge in [0.2, 0.25) is 0 Å². The Balaban J connectivity index is 1.85. The van der Waals surface area contributed by atoms with Gasteiger partial charge in [-0.05, 0) is 56.0 Å². The molecule has 0 aliphatic carbocycles. The second kappa shape index (κ2) is 9.28. The van der Waals surface area contributed by atoms with E-state index in [2.05, 4.69) is 10.3 Å². The highest BCUT2D eigenvalue weighted by Crippen LogP contribution is 2.16. The molecule has 1 aromatic carbocycles. The molecule has 2 rings (SSSR count). The van der Waals surface area contributed by atoms with Gasteiger partial charge in [-0.25, -0.2) is 4.79 Å². The van der Waals surface area contributed by atoms with Crippen LogP contribution in [0.15, 0.2) is 48.8 Å². The van der Waals surface area contributed by atoms with Crippen molar-refractivity contribution in [1.82, 2.24) is 15.2 Å². The third-order valence-corrected chi connectivity index (χ3v) is 4.31. The van der Waals surface area contributed by atoms with E-state index < -0.39 is 0 Å². The van der Waals surface area contributed by atoms with Gasteiger partial charge in [0.15, 0.2) is 0 Å². The van der Waals surface area contributed by atoms with E-state index in [1.807, 2.05) is 55.1 Å². The summed E-state index contributed by atoms with van der Waals surface area (Å²) in [6.07, 6.45) is 5.09. The number of hydrogen-bond donors (Lipinski definition) is 1. The van der Waals surface area contributed by atoms with Gasteiger partial charge in [0.25, 0.3) is 0 Å². The quantitative estimate of drug-likeness (QED) is 0.826. The van der Waals surface area contributed by atoms with Gasteiger partial charge >= 0.3 is 6.03 Å². The van der Waals surface area contributed by atoms with Crippen molar-refractivity contribution in [3.8, 4) is 0 Å². The molecular formula is C19H24ClN3O. The largest absolute Gasteiger partial charge is 0.335 e. The van der Waals surface area contributed by atoms with Gasteiger partial charge < -0.3 is 10.2 Å². The van der Waals surface area contributed by atoms with Crippen molar-refractivity contribution in [2.45, 2.75) is 32.7 Å². The highest BCUT2D eigenvalue weighted by atomic mass is 35.5. The zero-order valence-electron chi connectivity index (χ0n) is 14.2. The number of nitrogens with zero attached hydrogens (tertiary/aromatic N) is 2. The first kappa shape index (κ1) is 18.3. The molecule has 5 heteroatoms. The number of aromatic nitrogens is 1. The van der Waals surface area contributed by atoms with Crippen molar-refractivity contribution in [3.63, 3.8) is 0 Å². The molecule has 0 fully saturated rings. The summed E-state index contributed by atoms with van der Waals surface area (Å²) in [5.74, 6) is 0. The minimum Gasteiger partial charge on any atom is -0.335 e. The summed E-state index contributed by atoms with van der Waals surface area (Å²) in [4.78, 5) is 18.3. The lowest BCUT2D eigenvalue weighted by Gasteiger charge is -2.24. The predicted octanol–water partition coefficient (Wildman–Crippen LogP) is 3.94. The molecule has 0 spiro atoms. The van der Waals surface area contributed by atoms with Crippen molar-refractivity contribution in [1.29, 1.82) is 0 Å². The zero-order chi connectivity index (χ0) is 17.4. The van der Waals surface area contributed by atoms with Gasteiger partial charge in [-0.3, -0.25) is 4.98 Å². The Bertz CT molecular complexity index is 648. The van der Waals surface area contributed by atoms with E-state index in [-0.39, 0.29) is 12.1 Å². The number of urea groups is 1. The molecule has 1 atom stereocenters. The van der Waals surface area contributed by atoms with Crippen LogP contribution in [0, 0.1) is 0 Å². The van der Waals surface area contributed by atoms with E-state index in [9.17, 15) is 4.79 Å². The van der Waals surface area contributed by atoms with Crippen LogP contribution in [0.1, 0.15) is 25.0 Å². The Labute approximate surface area is 148 Å². The number of amides is 2. The fraction of sp³-hybridized carbons (Fsp3) is 0.368. The van der Waals surface area contributed by atoms with E-state index in [0.29, 0.717) is 19.5 Å². The maximum atomic E-state index is 12.5. The molecule has 0 aliphatic rings. The van der Waals surface area contributed by atoms with Gasteiger partial charge in [-0.15, -0.1) is 0 Å². The van der Waals surface area contributed by atoms with Crippen LogP contribution >= 0.6 is 11.6 Å². The maximum Gasteiger partial charge on any atom is 0.317 e. The highest BCUT2D eigenvalue weighted by molar-refractivity contribution is 6.31. The standard InChI is InChI=1S/C19H24ClN3O/c1-3-23(13-10-16-8-11-21-12-9-16)19(24)22-15(2)14-17-6-4-5-7-18(17)20/h4-9,11-12,15H,3,10,13-14H2,1-2H3,(H,22,24). The molecule has 4 nitrogen and oxygen atoms in total. The predicted molar refractivity (Wildman–Crippen MR) is 98.3 cm³/mol. The monoisotopic (exact) mass is 345 g/mol. The highest BCUT2D eigenvalue weighted by Gasteiger charge is 2.15. The topological polar surface area (TPSA) is 45.2 Å². The van der Waals surface area contributed by atoms with Gasteiger partial charge in [0, 0.05) is 36.5 Å². The zero-order valence-corrected chi connectivity index (χ0v) is 15.0. The lowest BCUT2D eigenvalue weighted by atomic mass is 10.1. The number of pyridine rings is 1.